The van der Waals surface area contributed by atoms with Crippen LogP contribution in [0, 0.1) is 6.92 Å². The Labute approximate surface area is 125 Å². The number of aryl methyl sites for hydroxylation is 1. The molecule has 7 heteroatoms. The van der Waals surface area contributed by atoms with Gasteiger partial charge in [0.1, 0.15) is 5.01 Å². The summed E-state index contributed by atoms with van der Waals surface area (Å²) in [6.45, 7) is 2.46. The molecule has 1 aromatic carbocycles. The maximum Gasteiger partial charge on any atom is 0.340 e. The van der Waals surface area contributed by atoms with Crippen molar-refractivity contribution >= 4 is 40.3 Å². The summed E-state index contributed by atoms with van der Waals surface area (Å²) in [5, 5.41) is 4.40. The van der Waals surface area contributed by atoms with Crippen molar-refractivity contribution in [3.8, 4) is 0 Å². The molecule has 0 aliphatic carbocycles. The van der Waals surface area contributed by atoms with E-state index in [9.17, 15) is 4.79 Å². The Bertz CT molecular complexity index is 643. The first-order chi connectivity index (χ1) is 9.51. The molecule has 1 heterocycles. The van der Waals surface area contributed by atoms with Crippen LogP contribution in [0.4, 0.5) is 11.4 Å². The number of methoxy groups -OCH3 is 1. The summed E-state index contributed by atoms with van der Waals surface area (Å²) in [7, 11) is 1.31. The van der Waals surface area contributed by atoms with Gasteiger partial charge in [-0.3, -0.25) is 0 Å². The zero-order valence-electron chi connectivity index (χ0n) is 11.1. The van der Waals surface area contributed by atoms with Crippen LogP contribution in [-0.4, -0.2) is 18.1 Å². The number of nitrogens with one attached hydrogen (secondary N) is 1. The van der Waals surface area contributed by atoms with E-state index in [2.05, 4.69) is 10.3 Å². The number of nitrogen functional groups attached to an aromatic ring is 1. The zero-order valence-corrected chi connectivity index (χ0v) is 12.6. The first-order valence-corrected chi connectivity index (χ1v) is 7.03. The number of anilines is 2. The van der Waals surface area contributed by atoms with Gasteiger partial charge in [-0.2, -0.15) is 0 Å². The monoisotopic (exact) mass is 311 g/mol. The lowest BCUT2D eigenvalue weighted by Crippen LogP contribution is -2.09. The summed E-state index contributed by atoms with van der Waals surface area (Å²) < 4.78 is 4.74. The van der Waals surface area contributed by atoms with Gasteiger partial charge in [0.25, 0.3) is 0 Å². The van der Waals surface area contributed by atoms with Gasteiger partial charge in [0, 0.05) is 16.8 Å². The predicted octanol–water partition coefficient (Wildman–Crippen LogP) is 3.09. The summed E-state index contributed by atoms with van der Waals surface area (Å²) in [5.74, 6) is -0.489. The number of nitrogens with zero attached hydrogens (tertiary/aromatic N) is 1. The second-order valence-corrected chi connectivity index (χ2v) is 5.86. The number of rotatable bonds is 4. The quantitative estimate of drug-likeness (QED) is 0.670. The molecule has 0 radical (unpaired) electrons. The van der Waals surface area contributed by atoms with E-state index in [1.165, 1.54) is 13.2 Å². The molecule has 0 amide bonds. The van der Waals surface area contributed by atoms with Gasteiger partial charge in [-0.1, -0.05) is 11.6 Å². The highest BCUT2D eigenvalue weighted by Gasteiger charge is 2.16. The van der Waals surface area contributed by atoms with E-state index in [4.69, 9.17) is 22.1 Å². The summed E-state index contributed by atoms with van der Waals surface area (Å²) in [6, 6.07) is 3.12. The van der Waals surface area contributed by atoms with Crippen LogP contribution >= 0.6 is 22.9 Å². The van der Waals surface area contributed by atoms with Gasteiger partial charge in [0.05, 0.1) is 29.9 Å². The summed E-state index contributed by atoms with van der Waals surface area (Å²) in [5.41, 5.74) is 6.92. The van der Waals surface area contributed by atoms with E-state index < -0.39 is 5.97 Å². The predicted molar refractivity (Wildman–Crippen MR) is 81.4 cm³/mol. The largest absolute Gasteiger partial charge is 0.465 e. The molecule has 5 nitrogen and oxygen atoms in total. The lowest BCUT2D eigenvalue weighted by atomic mass is 10.1. The number of hydrogen-bond donors (Lipinski definition) is 2. The van der Waals surface area contributed by atoms with Crippen molar-refractivity contribution in [1.29, 1.82) is 0 Å². The molecule has 2 aromatic rings. The fourth-order valence-electron chi connectivity index (χ4n) is 1.73. The lowest BCUT2D eigenvalue weighted by molar-refractivity contribution is 0.0602. The van der Waals surface area contributed by atoms with Crippen molar-refractivity contribution in [3.05, 3.63) is 38.8 Å². The van der Waals surface area contributed by atoms with Crippen LogP contribution in [0.15, 0.2) is 18.3 Å². The van der Waals surface area contributed by atoms with Crippen LogP contribution in [0.2, 0.25) is 5.02 Å². The van der Waals surface area contributed by atoms with Gasteiger partial charge in [0.2, 0.25) is 0 Å². The average Bonchev–Trinajstić information content (AvgIpc) is 2.81. The number of carbonyl (C=O) groups excluding carboxylic acids is 1. The molecule has 2 rings (SSSR count). The number of ether oxygens (including phenoxy) is 1. The van der Waals surface area contributed by atoms with Crippen LogP contribution in [-0.2, 0) is 11.3 Å². The van der Waals surface area contributed by atoms with Crippen LogP contribution in [0.3, 0.4) is 0 Å². The van der Waals surface area contributed by atoms with Gasteiger partial charge < -0.3 is 15.8 Å². The first kappa shape index (κ1) is 14.6. The number of nitrogens with two attached hydrogens (primary N) is 1. The number of esters is 1. The van der Waals surface area contributed by atoms with Crippen molar-refractivity contribution in [3.63, 3.8) is 0 Å². The highest BCUT2D eigenvalue weighted by Crippen LogP contribution is 2.30. The molecular formula is C13H14ClN3O2S. The molecule has 106 valence electrons. The van der Waals surface area contributed by atoms with E-state index in [1.54, 1.807) is 23.6 Å². The second kappa shape index (κ2) is 6.11. The maximum atomic E-state index is 11.8. The van der Waals surface area contributed by atoms with Crippen molar-refractivity contribution < 1.29 is 9.53 Å². The molecular weight excluding hydrogens is 298 g/mol. The molecule has 0 saturated carbocycles. The first-order valence-electron chi connectivity index (χ1n) is 5.83. The standard InChI is InChI=1S/C13H14ClN3O2S/c1-7-5-16-11(20-7)6-17-12-9(13(18)19-2)3-8(15)4-10(12)14/h3-5,17H,6,15H2,1-2H3. The SMILES string of the molecule is COC(=O)c1cc(N)cc(Cl)c1NCc1ncc(C)s1. The molecule has 0 atom stereocenters. The molecule has 1 aromatic heterocycles. The summed E-state index contributed by atoms with van der Waals surface area (Å²) in [4.78, 5) is 17.1. The van der Waals surface area contributed by atoms with E-state index in [-0.39, 0.29) is 0 Å². The average molecular weight is 312 g/mol. The zero-order chi connectivity index (χ0) is 14.7. The van der Waals surface area contributed by atoms with Crippen LogP contribution in [0.25, 0.3) is 0 Å². The highest BCUT2D eigenvalue weighted by atomic mass is 35.5. The third-order valence-corrected chi connectivity index (χ3v) is 3.81. The van der Waals surface area contributed by atoms with Gasteiger partial charge in [-0.25, -0.2) is 9.78 Å². The second-order valence-electron chi connectivity index (χ2n) is 4.14. The third-order valence-electron chi connectivity index (χ3n) is 2.60. The third kappa shape index (κ3) is 3.20. The Hall–Kier alpha value is -1.79. The minimum Gasteiger partial charge on any atom is -0.465 e. The van der Waals surface area contributed by atoms with Crippen molar-refractivity contribution in [2.24, 2.45) is 0 Å². The van der Waals surface area contributed by atoms with Crippen LogP contribution in [0.1, 0.15) is 20.2 Å². The fourth-order valence-corrected chi connectivity index (χ4v) is 2.75. The van der Waals surface area contributed by atoms with Gasteiger partial charge >= 0.3 is 5.97 Å². The Morgan fingerprint density at radius 2 is 2.30 bits per heavy atom. The topological polar surface area (TPSA) is 77.2 Å². The fraction of sp³-hybridized carbons (Fsp3) is 0.231. The Kier molecular flexibility index (Phi) is 4.46. The van der Waals surface area contributed by atoms with Crippen molar-refractivity contribution in [1.82, 2.24) is 4.98 Å². The molecule has 0 aliphatic heterocycles. The molecule has 0 spiro atoms. The minimum absolute atomic E-state index is 0.311. The molecule has 0 fully saturated rings. The molecule has 0 saturated heterocycles. The molecule has 20 heavy (non-hydrogen) atoms. The molecule has 0 bridgehead atoms. The highest BCUT2D eigenvalue weighted by molar-refractivity contribution is 7.11. The number of benzene rings is 1. The lowest BCUT2D eigenvalue weighted by Gasteiger charge is -2.12. The van der Waals surface area contributed by atoms with Crippen LogP contribution in [0.5, 0.6) is 0 Å². The Morgan fingerprint density at radius 1 is 1.55 bits per heavy atom. The maximum absolute atomic E-state index is 11.8. The summed E-state index contributed by atoms with van der Waals surface area (Å²) >= 11 is 7.72. The van der Waals surface area contributed by atoms with Crippen molar-refractivity contribution in [2.45, 2.75) is 13.5 Å². The minimum atomic E-state index is -0.489. The molecule has 3 N–H and O–H groups in total. The van der Waals surface area contributed by atoms with E-state index in [1.807, 2.05) is 6.92 Å². The van der Waals surface area contributed by atoms with E-state index >= 15 is 0 Å². The number of aromatic nitrogens is 1. The normalized spacial score (nSPS) is 10.3. The van der Waals surface area contributed by atoms with E-state index in [0.29, 0.717) is 28.5 Å². The number of thiazole rings is 1. The van der Waals surface area contributed by atoms with Gasteiger partial charge in [-0.15, -0.1) is 11.3 Å². The van der Waals surface area contributed by atoms with Crippen molar-refractivity contribution in [2.75, 3.05) is 18.2 Å². The Balaban J connectivity index is 2.27. The number of hydrogen-bond acceptors (Lipinski definition) is 6. The molecule has 0 aliphatic rings. The Morgan fingerprint density at radius 3 is 2.90 bits per heavy atom. The van der Waals surface area contributed by atoms with Crippen LogP contribution < -0.4 is 11.1 Å². The smallest absolute Gasteiger partial charge is 0.340 e. The van der Waals surface area contributed by atoms with Gasteiger partial charge in [0.15, 0.2) is 0 Å². The van der Waals surface area contributed by atoms with Gasteiger partial charge in [-0.05, 0) is 19.1 Å². The number of halogens is 1. The number of carbonyl (C=O) groups is 1. The van der Waals surface area contributed by atoms with E-state index in [0.717, 1.165) is 9.88 Å². The molecule has 0 unspecified atom stereocenters. The summed E-state index contributed by atoms with van der Waals surface area (Å²) in [6.07, 6.45) is 1.80.